The predicted molar refractivity (Wildman–Crippen MR) is 133 cm³/mol. The number of benzene rings is 3. The Morgan fingerprint density at radius 2 is 1.76 bits per heavy atom. The molecule has 1 amide bonds. The Balaban J connectivity index is 1.47. The monoisotopic (exact) mass is 492 g/mol. The summed E-state index contributed by atoms with van der Waals surface area (Å²) in [6, 6.07) is 19.2. The molecule has 0 aliphatic heterocycles. The van der Waals surface area contributed by atoms with E-state index in [2.05, 4.69) is 15.4 Å². The topological polar surface area (TPSA) is 99.5 Å². The molecule has 5 aromatic rings. The zero-order valence-electron chi connectivity index (χ0n) is 17.6. The second-order valence-electron chi connectivity index (χ2n) is 7.83. The number of nitrogens with one attached hydrogen (secondary N) is 2. The number of aromatic amines is 1. The van der Waals surface area contributed by atoms with E-state index in [1.807, 2.05) is 42.5 Å². The molecule has 3 aromatic carbocycles. The van der Waals surface area contributed by atoms with Gasteiger partial charge in [0.25, 0.3) is 11.5 Å². The molecule has 0 bridgehead atoms. The third kappa shape index (κ3) is 4.28. The normalized spacial score (nSPS) is 12.2. The van der Waals surface area contributed by atoms with Crippen molar-refractivity contribution in [1.29, 1.82) is 0 Å². The van der Waals surface area contributed by atoms with Gasteiger partial charge in [0, 0.05) is 21.7 Å². The molecule has 1 unspecified atom stereocenters. The highest BCUT2D eigenvalue weighted by Crippen LogP contribution is 2.25. The standard InChI is InChI=1S/C25H18Cl2N4O3/c26-18-8-17(9-19(27)10-18)22(13-32)29-24(33)20-11-23-25(34)28-21(12-31(23)30-20)16-6-5-14-3-1-2-4-15(14)7-16/h1-12,22,32H,13H2,(H,28,34)(H,29,33). The maximum atomic E-state index is 12.9. The van der Waals surface area contributed by atoms with E-state index in [-0.39, 0.29) is 23.4 Å². The molecule has 9 heteroatoms. The number of aliphatic hydroxyl groups is 1. The lowest BCUT2D eigenvalue weighted by molar-refractivity contribution is 0.0911. The smallest absolute Gasteiger partial charge is 0.274 e. The second kappa shape index (κ2) is 8.95. The van der Waals surface area contributed by atoms with E-state index >= 15 is 0 Å². The predicted octanol–water partition coefficient (Wildman–Crippen LogP) is 4.61. The van der Waals surface area contributed by atoms with Gasteiger partial charge in [-0.25, -0.2) is 4.52 Å². The van der Waals surface area contributed by atoms with Crippen LogP contribution in [0.25, 0.3) is 27.5 Å². The molecule has 5 rings (SSSR count). The van der Waals surface area contributed by atoms with Crippen molar-refractivity contribution in [1.82, 2.24) is 19.9 Å². The number of fused-ring (bicyclic) bond motifs is 2. The number of halogens is 2. The van der Waals surface area contributed by atoms with E-state index in [0.717, 1.165) is 16.3 Å². The van der Waals surface area contributed by atoms with Crippen LogP contribution in [-0.4, -0.2) is 32.2 Å². The van der Waals surface area contributed by atoms with Crippen LogP contribution >= 0.6 is 23.2 Å². The van der Waals surface area contributed by atoms with Crippen molar-refractivity contribution in [2.75, 3.05) is 6.61 Å². The first kappa shape index (κ1) is 22.2. The van der Waals surface area contributed by atoms with E-state index in [9.17, 15) is 14.7 Å². The molecule has 2 aromatic heterocycles. The van der Waals surface area contributed by atoms with Gasteiger partial charge in [0.15, 0.2) is 5.69 Å². The number of carbonyl (C=O) groups excluding carboxylic acids is 1. The van der Waals surface area contributed by atoms with E-state index < -0.39 is 11.9 Å². The van der Waals surface area contributed by atoms with E-state index in [0.29, 0.717) is 21.3 Å². The lowest BCUT2D eigenvalue weighted by atomic mass is 10.1. The van der Waals surface area contributed by atoms with Crippen LogP contribution in [0, 0.1) is 0 Å². The van der Waals surface area contributed by atoms with E-state index in [1.54, 1.807) is 24.4 Å². The molecule has 0 spiro atoms. The van der Waals surface area contributed by atoms with Crippen molar-refractivity contribution in [3.05, 3.63) is 105 Å². The molecule has 0 fully saturated rings. The summed E-state index contributed by atoms with van der Waals surface area (Å²) in [4.78, 5) is 28.4. The number of aliphatic hydroxyl groups excluding tert-OH is 1. The molecule has 0 aliphatic rings. The van der Waals surface area contributed by atoms with E-state index in [4.69, 9.17) is 23.2 Å². The van der Waals surface area contributed by atoms with Crippen molar-refractivity contribution < 1.29 is 9.90 Å². The highest BCUT2D eigenvalue weighted by molar-refractivity contribution is 6.34. The number of nitrogens with zero attached hydrogens (tertiary/aromatic N) is 2. The zero-order valence-corrected chi connectivity index (χ0v) is 19.1. The molecule has 0 radical (unpaired) electrons. The summed E-state index contributed by atoms with van der Waals surface area (Å²) >= 11 is 12.1. The van der Waals surface area contributed by atoms with Crippen molar-refractivity contribution in [3.8, 4) is 11.3 Å². The summed E-state index contributed by atoms with van der Waals surface area (Å²) in [5, 5.41) is 19.7. The number of aromatic nitrogens is 3. The Morgan fingerprint density at radius 1 is 1.03 bits per heavy atom. The molecule has 2 heterocycles. The van der Waals surface area contributed by atoms with Crippen molar-refractivity contribution in [2.24, 2.45) is 0 Å². The number of hydrogen-bond acceptors (Lipinski definition) is 4. The molecule has 7 nitrogen and oxygen atoms in total. The Hall–Kier alpha value is -3.65. The largest absolute Gasteiger partial charge is 0.394 e. The van der Waals surface area contributed by atoms with Crippen LogP contribution in [0.4, 0.5) is 0 Å². The minimum Gasteiger partial charge on any atom is -0.394 e. The number of amides is 1. The number of H-pyrrole nitrogens is 1. The Kier molecular flexibility index (Phi) is 5.83. The first-order valence-corrected chi connectivity index (χ1v) is 11.2. The van der Waals surface area contributed by atoms with Gasteiger partial charge in [-0.05, 0) is 40.6 Å². The summed E-state index contributed by atoms with van der Waals surface area (Å²) in [6.07, 6.45) is 1.66. The van der Waals surface area contributed by atoms with Crippen LogP contribution < -0.4 is 10.9 Å². The van der Waals surface area contributed by atoms with Gasteiger partial charge in [0.1, 0.15) is 5.52 Å². The molecule has 0 aliphatic carbocycles. The first-order valence-electron chi connectivity index (χ1n) is 10.4. The summed E-state index contributed by atoms with van der Waals surface area (Å²) in [5.41, 5.74) is 1.82. The molecule has 3 N–H and O–H groups in total. The number of rotatable bonds is 5. The molecule has 34 heavy (non-hydrogen) atoms. The van der Waals surface area contributed by atoms with Crippen LogP contribution in [0.1, 0.15) is 22.1 Å². The number of carbonyl (C=O) groups is 1. The fraction of sp³-hybridized carbons (Fsp3) is 0.0800. The minimum absolute atomic E-state index is 0.0349. The van der Waals surface area contributed by atoms with Crippen molar-refractivity contribution >= 4 is 45.4 Å². The fourth-order valence-electron chi connectivity index (χ4n) is 3.86. The molecule has 0 saturated heterocycles. The highest BCUT2D eigenvalue weighted by atomic mass is 35.5. The average molecular weight is 493 g/mol. The third-order valence-electron chi connectivity index (χ3n) is 5.54. The van der Waals surface area contributed by atoms with Crippen LogP contribution in [0.3, 0.4) is 0 Å². The van der Waals surface area contributed by atoms with Gasteiger partial charge in [0.05, 0.1) is 24.5 Å². The van der Waals surface area contributed by atoms with Gasteiger partial charge in [-0.15, -0.1) is 0 Å². The zero-order chi connectivity index (χ0) is 23.8. The highest BCUT2D eigenvalue weighted by Gasteiger charge is 2.19. The van der Waals surface area contributed by atoms with Crippen LogP contribution in [0.15, 0.2) is 77.7 Å². The molecule has 1 atom stereocenters. The molecule has 0 saturated carbocycles. The maximum absolute atomic E-state index is 12.9. The van der Waals surface area contributed by atoms with Gasteiger partial charge in [-0.1, -0.05) is 59.6 Å². The molecule has 170 valence electrons. The summed E-state index contributed by atoms with van der Waals surface area (Å²) < 4.78 is 1.38. The summed E-state index contributed by atoms with van der Waals surface area (Å²) in [7, 11) is 0. The quantitative estimate of drug-likeness (QED) is 0.333. The van der Waals surface area contributed by atoms with E-state index in [1.165, 1.54) is 10.6 Å². The molecular formula is C25H18Cl2N4O3. The average Bonchev–Trinajstić information content (AvgIpc) is 3.26. The van der Waals surface area contributed by atoms with Gasteiger partial charge < -0.3 is 15.4 Å². The van der Waals surface area contributed by atoms with Crippen LogP contribution in [0.5, 0.6) is 0 Å². The minimum atomic E-state index is -0.750. The lowest BCUT2D eigenvalue weighted by Crippen LogP contribution is -2.31. The van der Waals surface area contributed by atoms with Crippen LogP contribution in [0.2, 0.25) is 10.0 Å². The van der Waals surface area contributed by atoms with Crippen molar-refractivity contribution in [2.45, 2.75) is 6.04 Å². The van der Waals surface area contributed by atoms with Gasteiger partial charge in [-0.2, -0.15) is 5.10 Å². The maximum Gasteiger partial charge on any atom is 0.274 e. The van der Waals surface area contributed by atoms with Crippen LogP contribution in [-0.2, 0) is 0 Å². The Bertz CT molecular complexity index is 1590. The molecular weight excluding hydrogens is 475 g/mol. The summed E-state index contributed by atoms with van der Waals surface area (Å²) in [6.45, 7) is -0.373. The van der Waals surface area contributed by atoms with Crippen molar-refractivity contribution in [3.63, 3.8) is 0 Å². The Labute approximate surface area is 203 Å². The van der Waals surface area contributed by atoms with Gasteiger partial charge in [0.2, 0.25) is 0 Å². The van der Waals surface area contributed by atoms with Gasteiger partial charge >= 0.3 is 0 Å². The number of hydrogen-bond donors (Lipinski definition) is 3. The Morgan fingerprint density at radius 3 is 2.50 bits per heavy atom. The summed E-state index contributed by atoms with van der Waals surface area (Å²) in [5.74, 6) is -0.550. The van der Waals surface area contributed by atoms with Gasteiger partial charge in [-0.3, -0.25) is 9.59 Å². The SMILES string of the molecule is O=C(NC(CO)c1cc(Cl)cc(Cl)c1)c1cc2c(=O)[nH]c(-c3ccc4ccccc4c3)cn2n1. The first-order chi connectivity index (χ1) is 16.4. The lowest BCUT2D eigenvalue weighted by Gasteiger charge is -2.16. The second-order valence-corrected chi connectivity index (χ2v) is 8.70. The third-order valence-corrected chi connectivity index (χ3v) is 5.97. The fourth-order valence-corrected chi connectivity index (χ4v) is 4.40.